The van der Waals surface area contributed by atoms with Crippen LogP contribution in [-0.4, -0.2) is 109 Å². The minimum absolute atomic E-state index is 0. The zero-order chi connectivity index (χ0) is 39.9. The standard InChI is InChI=1S/C36H48N10O9.2ClH/c1-22(54-36(52)55-27-6-3-2-4-7-27)53-30(48)21-45-18-19-46(29(47)20-42-32(50)24-11-15-26(16-12-24)44-35(39)40)28(33(45)51)8-5-17-41-31(49)23-9-13-25(14-10-23)43-34(37)38;;/h9-16,22,27-28H,2-8,17-21H2,1H3,(H,41,49)(H,42,50)(H4,37,38,43)(H4,39,40,44);2*1H/t22?,28-;;/m0../s1. The molecule has 312 valence electrons. The van der Waals surface area contributed by atoms with Crippen molar-refractivity contribution in [2.45, 2.75) is 70.3 Å². The van der Waals surface area contributed by atoms with Gasteiger partial charge in [0.05, 0.1) is 6.54 Å². The third-order valence-corrected chi connectivity index (χ3v) is 8.79. The summed E-state index contributed by atoms with van der Waals surface area (Å²) >= 11 is 0. The number of halogens is 2. The molecule has 21 heteroatoms. The van der Waals surface area contributed by atoms with Crippen molar-refractivity contribution in [2.24, 2.45) is 11.5 Å². The van der Waals surface area contributed by atoms with E-state index < -0.39 is 55.3 Å². The molecule has 0 bridgehead atoms. The van der Waals surface area contributed by atoms with Gasteiger partial charge >= 0.3 is 12.1 Å². The molecule has 1 unspecified atom stereocenters. The Kier molecular flexibility index (Phi) is 19.3. The fourth-order valence-corrected chi connectivity index (χ4v) is 6.14. The van der Waals surface area contributed by atoms with Gasteiger partial charge in [0.15, 0.2) is 11.9 Å². The van der Waals surface area contributed by atoms with E-state index in [0.717, 1.165) is 32.1 Å². The summed E-state index contributed by atoms with van der Waals surface area (Å²) in [5.41, 5.74) is 12.3. The van der Waals surface area contributed by atoms with E-state index in [-0.39, 0.29) is 86.8 Å². The van der Waals surface area contributed by atoms with E-state index in [1.54, 1.807) is 36.4 Å². The van der Waals surface area contributed by atoms with Gasteiger partial charge in [-0.2, -0.15) is 0 Å². The molecule has 1 aliphatic carbocycles. The number of carbonyl (C=O) groups is 6. The van der Waals surface area contributed by atoms with Crippen molar-refractivity contribution in [1.82, 2.24) is 20.4 Å². The lowest BCUT2D eigenvalue weighted by molar-refractivity contribution is -0.173. The molecule has 19 nitrogen and oxygen atoms in total. The summed E-state index contributed by atoms with van der Waals surface area (Å²) in [5.74, 6) is -3.35. The lowest BCUT2D eigenvalue weighted by Crippen LogP contribution is -2.61. The van der Waals surface area contributed by atoms with Gasteiger partial charge in [-0.05, 0) is 87.1 Å². The molecule has 2 aromatic carbocycles. The first kappa shape index (κ1) is 47.3. The number of esters is 1. The second-order valence-corrected chi connectivity index (χ2v) is 13.0. The molecule has 57 heavy (non-hydrogen) atoms. The number of benzene rings is 2. The number of amides is 4. The first-order valence-electron chi connectivity index (χ1n) is 17.9. The smallest absolute Gasteiger partial charge is 0.431 e. The Balaban J connectivity index is 0.00000561. The molecule has 4 amide bonds. The number of hydrogen-bond donors (Lipinski definition) is 8. The molecule has 1 saturated heterocycles. The van der Waals surface area contributed by atoms with Crippen LogP contribution < -0.4 is 32.7 Å². The second-order valence-electron chi connectivity index (χ2n) is 13.0. The van der Waals surface area contributed by atoms with Crippen molar-refractivity contribution in [1.29, 1.82) is 10.8 Å². The molecule has 0 aromatic heterocycles. The van der Waals surface area contributed by atoms with Gasteiger partial charge in [-0.25, -0.2) is 4.79 Å². The van der Waals surface area contributed by atoms with Crippen molar-refractivity contribution in [3.8, 4) is 0 Å². The summed E-state index contributed by atoms with van der Waals surface area (Å²) in [7, 11) is 0. The third kappa shape index (κ3) is 15.3. The fourth-order valence-electron chi connectivity index (χ4n) is 6.14. The molecule has 2 aliphatic rings. The number of piperazine rings is 1. The maximum atomic E-state index is 13.8. The highest BCUT2D eigenvalue weighted by molar-refractivity contribution is 5.99. The lowest BCUT2D eigenvalue weighted by atomic mass is 9.98. The number of rotatable bonds is 15. The minimum atomic E-state index is -1.27. The molecule has 2 fully saturated rings. The zero-order valence-electron chi connectivity index (χ0n) is 31.4. The molecule has 1 saturated carbocycles. The Bertz CT molecular complexity index is 1730. The molecule has 0 radical (unpaired) electrons. The van der Waals surface area contributed by atoms with Gasteiger partial charge in [-0.3, -0.25) is 34.8 Å². The molecule has 1 aliphatic heterocycles. The summed E-state index contributed by atoms with van der Waals surface area (Å²) in [6.07, 6.45) is 2.38. The summed E-state index contributed by atoms with van der Waals surface area (Å²) in [6.45, 7) is 0.638. The Labute approximate surface area is 342 Å². The van der Waals surface area contributed by atoms with Crippen LogP contribution in [0.15, 0.2) is 48.5 Å². The molecule has 2 atom stereocenters. The quantitative estimate of drug-likeness (QED) is 0.0421. The van der Waals surface area contributed by atoms with Crippen molar-refractivity contribution in [2.75, 3.05) is 43.4 Å². The maximum absolute atomic E-state index is 13.8. The highest BCUT2D eigenvalue weighted by Crippen LogP contribution is 2.21. The Hall–Kier alpha value is -5.82. The number of carbonyl (C=O) groups excluding carboxylic acids is 6. The molecule has 1 heterocycles. The van der Waals surface area contributed by atoms with Gasteiger partial charge in [0.25, 0.3) is 11.8 Å². The predicted molar refractivity (Wildman–Crippen MR) is 214 cm³/mol. The Morgan fingerprint density at radius 1 is 0.807 bits per heavy atom. The highest BCUT2D eigenvalue weighted by atomic mass is 35.5. The number of anilines is 2. The SMILES string of the molecule is CC(OC(=O)CN1CCN(C(=O)CNC(=O)c2ccc(NC(=N)N)cc2)[C@@H](CCCNC(=O)c2ccc(NC(=N)N)cc2)C1=O)OC(=O)OC1CCCCC1.Cl.Cl. The van der Waals surface area contributed by atoms with Crippen molar-refractivity contribution < 1.29 is 43.0 Å². The number of nitrogens with two attached hydrogens (primary N) is 2. The van der Waals surface area contributed by atoms with E-state index in [1.807, 2.05) is 0 Å². The van der Waals surface area contributed by atoms with Crippen LogP contribution in [0.4, 0.5) is 16.2 Å². The normalized spacial score (nSPS) is 15.7. The maximum Gasteiger partial charge on any atom is 0.511 e. The summed E-state index contributed by atoms with van der Waals surface area (Å²) in [6, 6.07) is 11.3. The van der Waals surface area contributed by atoms with Crippen LogP contribution in [0.5, 0.6) is 0 Å². The van der Waals surface area contributed by atoms with Crippen molar-refractivity contribution in [3.63, 3.8) is 0 Å². The van der Waals surface area contributed by atoms with Crippen molar-refractivity contribution >= 4 is 83.9 Å². The van der Waals surface area contributed by atoms with Crippen LogP contribution in [0.3, 0.4) is 0 Å². The summed E-state index contributed by atoms with van der Waals surface area (Å²) < 4.78 is 15.6. The largest absolute Gasteiger partial charge is 0.511 e. The number of hydrogen-bond acceptors (Lipinski definition) is 11. The molecule has 2 aromatic rings. The fraction of sp³-hybridized carbons (Fsp3) is 0.444. The minimum Gasteiger partial charge on any atom is -0.431 e. The molecular formula is C36H50Cl2N10O9. The predicted octanol–water partition coefficient (Wildman–Crippen LogP) is 2.50. The average molecular weight is 838 g/mol. The number of nitrogens with one attached hydrogen (secondary N) is 6. The topological polar surface area (TPSA) is 284 Å². The zero-order valence-corrected chi connectivity index (χ0v) is 33.0. The monoisotopic (exact) mass is 836 g/mol. The van der Waals surface area contributed by atoms with Crippen LogP contribution in [0.2, 0.25) is 0 Å². The van der Waals surface area contributed by atoms with Crippen LogP contribution >= 0.6 is 24.8 Å². The average Bonchev–Trinajstić information content (AvgIpc) is 3.13. The second kappa shape index (κ2) is 23.3. The Morgan fingerprint density at radius 2 is 1.35 bits per heavy atom. The van der Waals surface area contributed by atoms with Gasteiger partial charge in [-0.15, -0.1) is 24.8 Å². The Morgan fingerprint density at radius 3 is 1.89 bits per heavy atom. The first-order chi connectivity index (χ1) is 26.3. The third-order valence-electron chi connectivity index (χ3n) is 8.79. The van der Waals surface area contributed by atoms with E-state index in [2.05, 4.69) is 21.3 Å². The van der Waals surface area contributed by atoms with Crippen molar-refractivity contribution in [3.05, 3.63) is 59.7 Å². The van der Waals surface area contributed by atoms with E-state index in [1.165, 1.54) is 28.9 Å². The molecule has 0 spiro atoms. The molecular weight excluding hydrogens is 787 g/mol. The summed E-state index contributed by atoms with van der Waals surface area (Å²) in [5, 5.41) is 25.2. The van der Waals surface area contributed by atoms with Gasteiger partial charge in [-0.1, -0.05) is 6.42 Å². The van der Waals surface area contributed by atoms with Crippen LogP contribution in [-0.2, 0) is 28.6 Å². The van der Waals surface area contributed by atoms with E-state index >= 15 is 0 Å². The van der Waals surface area contributed by atoms with Gasteiger partial charge in [0.2, 0.25) is 18.1 Å². The first-order valence-corrected chi connectivity index (χ1v) is 17.9. The van der Waals surface area contributed by atoms with E-state index in [9.17, 15) is 28.8 Å². The molecule has 10 N–H and O–H groups in total. The highest BCUT2D eigenvalue weighted by Gasteiger charge is 2.38. The number of guanidine groups is 2. The van der Waals surface area contributed by atoms with Crippen LogP contribution in [0.25, 0.3) is 0 Å². The van der Waals surface area contributed by atoms with Gasteiger partial charge in [0.1, 0.15) is 18.7 Å². The van der Waals surface area contributed by atoms with Crippen LogP contribution in [0, 0.1) is 10.8 Å². The van der Waals surface area contributed by atoms with Crippen LogP contribution in [0.1, 0.15) is 72.6 Å². The van der Waals surface area contributed by atoms with E-state index in [4.69, 9.17) is 36.5 Å². The molecule has 4 rings (SSSR count). The lowest BCUT2D eigenvalue weighted by Gasteiger charge is -2.40. The van der Waals surface area contributed by atoms with Gasteiger partial charge < -0.3 is 56.7 Å². The number of nitrogens with zero attached hydrogens (tertiary/aromatic N) is 2. The summed E-state index contributed by atoms with van der Waals surface area (Å²) in [4.78, 5) is 80.4. The van der Waals surface area contributed by atoms with Gasteiger partial charge in [0, 0.05) is 49.1 Å². The van der Waals surface area contributed by atoms with E-state index in [0.29, 0.717) is 16.9 Å². The number of ether oxygens (including phenoxy) is 3.